The van der Waals surface area contributed by atoms with Crippen LogP contribution in [0.4, 0.5) is 0 Å². The summed E-state index contributed by atoms with van der Waals surface area (Å²) in [5, 5.41) is 0. The molecule has 0 fully saturated rings. The molecule has 4 heteroatoms. The maximum absolute atomic E-state index is 13.0. The van der Waals surface area contributed by atoms with Crippen LogP contribution in [0, 0.1) is 0 Å². The summed E-state index contributed by atoms with van der Waals surface area (Å²) in [5.41, 5.74) is 6.18. The second-order valence-corrected chi connectivity index (χ2v) is 6.90. The fraction of sp³-hybridized carbons (Fsp3) is 0.130. The highest BCUT2D eigenvalue weighted by atomic mass is 16.2. The van der Waals surface area contributed by atoms with Gasteiger partial charge in [0, 0.05) is 24.3 Å². The van der Waals surface area contributed by atoms with Gasteiger partial charge in [0.15, 0.2) is 0 Å². The van der Waals surface area contributed by atoms with Crippen molar-refractivity contribution < 1.29 is 4.79 Å². The fourth-order valence-corrected chi connectivity index (χ4v) is 3.79. The Morgan fingerprint density at radius 3 is 2.52 bits per heavy atom. The van der Waals surface area contributed by atoms with Crippen molar-refractivity contribution in [1.29, 1.82) is 0 Å². The number of hydrogen-bond donors (Lipinski definition) is 0. The number of carbonyl (C=O) groups is 1. The molecule has 0 N–H and O–H groups in total. The predicted octanol–water partition coefficient (Wildman–Crippen LogP) is 4.22. The number of hydrogen-bond acceptors (Lipinski definition) is 2. The summed E-state index contributed by atoms with van der Waals surface area (Å²) in [6.45, 7) is 1.43. The zero-order valence-electron chi connectivity index (χ0n) is 14.9. The standard InChI is InChI=1S/C23H19N3O/c27-23(25-13-12-17-6-4-5-7-19(17)15-25)18-10-11-22-21(14-18)24-16-26(22)20-8-2-1-3-9-20/h1-11,14,16H,12-13,15H2. The van der Waals surface area contributed by atoms with Crippen LogP contribution in [0.5, 0.6) is 0 Å². The van der Waals surface area contributed by atoms with E-state index in [4.69, 9.17) is 0 Å². The Morgan fingerprint density at radius 1 is 0.889 bits per heavy atom. The van der Waals surface area contributed by atoms with Crippen LogP contribution < -0.4 is 0 Å². The van der Waals surface area contributed by atoms with Crippen molar-refractivity contribution in [3.8, 4) is 5.69 Å². The summed E-state index contributed by atoms with van der Waals surface area (Å²) >= 11 is 0. The highest BCUT2D eigenvalue weighted by molar-refractivity contribution is 5.97. The van der Waals surface area contributed by atoms with Crippen LogP contribution in [-0.2, 0) is 13.0 Å². The molecule has 1 aliphatic rings. The molecule has 1 aliphatic heterocycles. The molecule has 0 spiro atoms. The molecule has 4 aromatic rings. The number of imidazole rings is 1. The molecule has 0 radical (unpaired) electrons. The predicted molar refractivity (Wildman–Crippen MR) is 106 cm³/mol. The van der Waals surface area contributed by atoms with Crippen molar-refractivity contribution >= 4 is 16.9 Å². The van der Waals surface area contributed by atoms with Crippen molar-refractivity contribution in [2.45, 2.75) is 13.0 Å². The van der Waals surface area contributed by atoms with Crippen LogP contribution in [0.3, 0.4) is 0 Å². The number of aromatic nitrogens is 2. The average molecular weight is 353 g/mol. The van der Waals surface area contributed by atoms with Crippen molar-refractivity contribution in [3.05, 3.63) is 95.8 Å². The molecular formula is C23H19N3O. The van der Waals surface area contributed by atoms with Gasteiger partial charge >= 0.3 is 0 Å². The Morgan fingerprint density at radius 2 is 1.67 bits per heavy atom. The lowest BCUT2D eigenvalue weighted by Crippen LogP contribution is -2.35. The lowest BCUT2D eigenvalue weighted by Gasteiger charge is -2.29. The molecule has 5 rings (SSSR count). The van der Waals surface area contributed by atoms with Gasteiger partial charge in [0.1, 0.15) is 6.33 Å². The van der Waals surface area contributed by atoms with Crippen LogP contribution >= 0.6 is 0 Å². The maximum atomic E-state index is 13.0. The van der Waals surface area contributed by atoms with Crippen LogP contribution in [0.15, 0.2) is 79.1 Å². The molecule has 1 aromatic heterocycles. The van der Waals surface area contributed by atoms with E-state index in [-0.39, 0.29) is 5.91 Å². The van der Waals surface area contributed by atoms with Gasteiger partial charge in [-0.3, -0.25) is 9.36 Å². The molecule has 0 bridgehead atoms. The van der Waals surface area contributed by atoms with Gasteiger partial charge in [0.25, 0.3) is 5.91 Å². The largest absolute Gasteiger partial charge is 0.334 e. The van der Waals surface area contributed by atoms with Crippen molar-refractivity contribution in [3.63, 3.8) is 0 Å². The van der Waals surface area contributed by atoms with E-state index >= 15 is 0 Å². The number of carbonyl (C=O) groups excluding carboxylic acids is 1. The van der Waals surface area contributed by atoms with Gasteiger partial charge in [-0.2, -0.15) is 0 Å². The number of rotatable bonds is 2. The summed E-state index contributed by atoms with van der Waals surface area (Å²) in [7, 11) is 0. The monoisotopic (exact) mass is 353 g/mol. The first-order valence-electron chi connectivity index (χ1n) is 9.18. The van der Waals surface area contributed by atoms with Crippen LogP contribution in [0.2, 0.25) is 0 Å². The molecule has 0 aliphatic carbocycles. The Hall–Kier alpha value is -3.40. The summed E-state index contributed by atoms with van der Waals surface area (Å²) in [6.07, 6.45) is 2.72. The van der Waals surface area contributed by atoms with Gasteiger partial charge in [0.05, 0.1) is 11.0 Å². The van der Waals surface area contributed by atoms with E-state index in [1.165, 1.54) is 11.1 Å². The van der Waals surface area contributed by atoms with Gasteiger partial charge < -0.3 is 4.90 Å². The Balaban J connectivity index is 1.45. The lowest BCUT2D eigenvalue weighted by atomic mass is 9.99. The topological polar surface area (TPSA) is 38.1 Å². The SMILES string of the molecule is O=C(c1ccc2c(c1)ncn2-c1ccccc1)N1CCc2ccccc2C1. The fourth-order valence-electron chi connectivity index (χ4n) is 3.79. The molecule has 3 aromatic carbocycles. The summed E-state index contributed by atoms with van der Waals surface area (Å²) in [5.74, 6) is 0.0701. The summed E-state index contributed by atoms with van der Waals surface area (Å²) < 4.78 is 2.04. The first-order valence-corrected chi connectivity index (χ1v) is 9.18. The zero-order valence-corrected chi connectivity index (χ0v) is 14.9. The Kier molecular flexibility index (Phi) is 3.75. The number of fused-ring (bicyclic) bond motifs is 2. The first kappa shape index (κ1) is 15.8. The van der Waals surface area contributed by atoms with E-state index in [1.54, 1.807) is 0 Å². The van der Waals surface area contributed by atoms with Crippen molar-refractivity contribution in [2.75, 3.05) is 6.54 Å². The summed E-state index contributed by atoms with van der Waals surface area (Å²) in [6, 6.07) is 24.3. The van der Waals surface area contributed by atoms with Crippen molar-refractivity contribution in [2.24, 2.45) is 0 Å². The molecule has 1 amide bonds. The van der Waals surface area contributed by atoms with E-state index < -0.39 is 0 Å². The third kappa shape index (κ3) is 2.79. The van der Waals surface area contributed by atoms with Gasteiger partial charge in [0.2, 0.25) is 0 Å². The van der Waals surface area contributed by atoms with Gasteiger partial charge in [-0.15, -0.1) is 0 Å². The van der Waals surface area contributed by atoms with Gasteiger partial charge in [-0.25, -0.2) is 4.98 Å². The molecule has 2 heterocycles. The minimum Gasteiger partial charge on any atom is -0.334 e. The molecule has 27 heavy (non-hydrogen) atoms. The smallest absolute Gasteiger partial charge is 0.254 e. The maximum Gasteiger partial charge on any atom is 0.254 e. The van der Waals surface area contributed by atoms with Crippen LogP contribution in [0.1, 0.15) is 21.5 Å². The molecule has 0 saturated carbocycles. The molecule has 132 valence electrons. The highest BCUT2D eigenvalue weighted by Crippen LogP contribution is 2.23. The Labute approximate surface area is 157 Å². The minimum absolute atomic E-state index is 0.0701. The number of para-hydroxylation sites is 1. The number of nitrogens with zero attached hydrogens (tertiary/aromatic N) is 3. The zero-order chi connectivity index (χ0) is 18.2. The normalized spacial score (nSPS) is 13.6. The second kappa shape index (κ2) is 6.40. The summed E-state index contributed by atoms with van der Waals surface area (Å²) in [4.78, 5) is 19.5. The Bertz CT molecular complexity index is 1130. The highest BCUT2D eigenvalue weighted by Gasteiger charge is 2.22. The molecule has 0 atom stereocenters. The van der Waals surface area contributed by atoms with E-state index in [1.807, 2.05) is 70.4 Å². The van der Waals surface area contributed by atoms with Gasteiger partial charge in [-0.05, 0) is 47.9 Å². The molecule has 0 saturated heterocycles. The third-order valence-electron chi connectivity index (χ3n) is 5.25. The number of benzene rings is 3. The third-order valence-corrected chi connectivity index (χ3v) is 5.25. The van der Waals surface area contributed by atoms with E-state index in [0.717, 1.165) is 29.7 Å². The van der Waals surface area contributed by atoms with E-state index in [0.29, 0.717) is 12.1 Å². The minimum atomic E-state index is 0.0701. The van der Waals surface area contributed by atoms with Gasteiger partial charge in [-0.1, -0.05) is 42.5 Å². The number of amides is 1. The van der Waals surface area contributed by atoms with Crippen LogP contribution in [-0.4, -0.2) is 26.9 Å². The quantitative estimate of drug-likeness (QED) is 0.541. The first-order chi connectivity index (χ1) is 13.3. The molecule has 0 unspecified atom stereocenters. The molecular weight excluding hydrogens is 334 g/mol. The average Bonchev–Trinajstić information content (AvgIpc) is 3.17. The van der Waals surface area contributed by atoms with Crippen molar-refractivity contribution in [1.82, 2.24) is 14.5 Å². The van der Waals surface area contributed by atoms with E-state index in [2.05, 4.69) is 23.2 Å². The second-order valence-electron chi connectivity index (χ2n) is 6.90. The van der Waals surface area contributed by atoms with Crippen LogP contribution in [0.25, 0.3) is 16.7 Å². The van der Waals surface area contributed by atoms with E-state index in [9.17, 15) is 4.79 Å². The lowest BCUT2D eigenvalue weighted by molar-refractivity contribution is 0.0735. The molecule has 4 nitrogen and oxygen atoms in total.